The van der Waals surface area contributed by atoms with Gasteiger partial charge >= 0.3 is 6.01 Å². The SMILES string of the molecule is [C-]#[N+]CC1C=C(F)CN(c2nc(OCC3(CN4CCOCC4)CC3)nc(N3CC4(CCc5sc(N)c(C#N)c54)C3)n2)C1. The average molecular weight is 592 g/mol. The molecule has 5 heterocycles. The average Bonchev–Trinajstić information content (AvgIpc) is 3.51. The fraction of sp³-hybridized carbons (Fsp3) is 0.621. The lowest BCUT2D eigenvalue weighted by molar-refractivity contribution is 0.0231. The van der Waals surface area contributed by atoms with Crippen LogP contribution < -0.4 is 20.3 Å². The molecule has 2 aliphatic carbocycles. The van der Waals surface area contributed by atoms with Gasteiger partial charge in [0.05, 0.1) is 37.8 Å². The van der Waals surface area contributed by atoms with Gasteiger partial charge in [-0.1, -0.05) is 0 Å². The molecule has 2 aromatic rings. The van der Waals surface area contributed by atoms with Crippen LogP contribution in [0.25, 0.3) is 4.85 Å². The van der Waals surface area contributed by atoms with E-state index in [1.807, 2.05) is 0 Å². The van der Waals surface area contributed by atoms with Crippen molar-refractivity contribution in [3.63, 3.8) is 0 Å². The Hall–Kier alpha value is -3.52. The highest BCUT2D eigenvalue weighted by molar-refractivity contribution is 7.16. The number of thiophene rings is 1. The largest absolute Gasteiger partial charge is 0.463 e. The van der Waals surface area contributed by atoms with Crippen molar-refractivity contribution >= 4 is 28.2 Å². The molecule has 3 fully saturated rings. The minimum atomic E-state index is -0.290. The molecule has 0 amide bonds. The van der Waals surface area contributed by atoms with Gasteiger partial charge in [-0.15, -0.1) is 11.3 Å². The molecule has 220 valence electrons. The number of fused-ring (bicyclic) bond motifs is 2. The monoisotopic (exact) mass is 591 g/mol. The number of rotatable bonds is 8. The van der Waals surface area contributed by atoms with Crippen LogP contribution in [0, 0.1) is 29.2 Å². The first-order chi connectivity index (χ1) is 20.4. The van der Waals surface area contributed by atoms with E-state index < -0.39 is 0 Å². The number of halogens is 1. The highest BCUT2D eigenvalue weighted by Crippen LogP contribution is 2.52. The van der Waals surface area contributed by atoms with E-state index in [0.717, 1.165) is 64.1 Å². The van der Waals surface area contributed by atoms with Gasteiger partial charge in [0.1, 0.15) is 16.9 Å². The molecule has 0 aromatic carbocycles. The summed E-state index contributed by atoms with van der Waals surface area (Å²) in [5, 5.41) is 10.4. The Morgan fingerprint density at radius 3 is 2.67 bits per heavy atom. The molecule has 11 nitrogen and oxygen atoms in total. The van der Waals surface area contributed by atoms with Crippen LogP contribution in [0.3, 0.4) is 0 Å². The molecule has 7 rings (SSSR count). The van der Waals surface area contributed by atoms with Gasteiger partial charge in [0, 0.05) is 55.0 Å². The molecule has 13 heteroatoms. The third kappa shape index (κ3) is 5.04. The normalized spacial score (nSPS) is 24.0. The number of nitriles is 1. The molecule has 2 N–H and O–H groups in total. The van der Waals surface area contributed by atoms with E-state index in [1.54, 1.807) is 4.90 Å². The Bertz CT molecular complexity index is 1480. The van der Waals surface area contributed by atoms with Crippen molar-refractivity contribution in [1.29, 1.82) is 5.26 Å². The summed E-state index contributed by atoms with van der Waals surface area (Å²) in [6.45, 7) is 14.2. The topological polar surface area (TPSA) is 121 Å². The minimum Gasteiger partial charge on any atom is -0.463 e. The van der Waals surface area contributed by atoms with Crippen molar-refractivity contribution in [2.75, 3.05) is 87.7 Å². The van der Waals surface area contributed by atoms with Crippen molar-refractivity contribution in [1.82, 2.24) is 19.9 Å². The number of aromatic nitrogens is 3. The number of anilines is 3. The number of nitrogen functional groups attached to an aromatic ring is 1. The minimum absolute atomic E-state index is 0.0470. The first-order valence-corrected chi connectivity index (χ1v) is 15.4. The van der Waals surface area contributed by atoms with Crippen LogP contribution in [-0.2, 0) is 16.6 Å². The van der Waals surface area contributed by atoms with Crippen LogP contribution in [-0.4, -0.2) is 92.0 Å². The van der Waals surface area contributed by atoms with Crippen LogP contribution in [0.1, 0.15) is 35.3 Å². The number of hydrogen-bond acceptors (Lipinski definition) is 11. The summed E-state index contributed by atoms with van der Waals surface area (Å²) in [6, 6.07) is 2.57. The lowest BCUT2D eigenvalue weighted by Crippen LogP contribution is -2.59. The lowest BCUT2D eigenvalue weighted by Gasteiger charge is -2.48. The molecule has 3 aliphatic heterocycles. The summed E-state index contributed by atoms with van der Waals surface area (Å²) in [5.74, 6) is 0.325. The van der Waals surface area contributed by atoms with Gasteiger partial charge in [-0.25, -0.2) is 11.0 Å². The zero-order chi connectivity index (χ0) is 28.9. The van der Waals surface area contributed by atoms with E-state index >= 15 is 0 Å². The molecule has 0 bridgehead atoms. The Labute approximate surface area is 248 Å². The standard InChI is InChI=1S/C29H34FN9O2S/c1-33-12-19-10-20(30)14-38(13-19)25-34-26(39-16-29(17-39)3-2-22-23(29)21(11-31)24(32)42-22)36-27(35-25)41-18-28(4-5-28)15-37-6-8-40-9-7-37/h10,19H,2-9,12-18,32H2. The Morgan fingerprint density at radius 2 is 1.95 bits per heavy atom. The number of nitrogens with zero attached hydrogens (tertiary/aromatic N) is 8. The summed E-state index contributed by atoms with van der Waals surface area (Å²) in [5.41, 5.74) is 7.82. The fourth-order valence-corrected chi connectivity index (χ4v) is 8.04. The Kier molecular flexibility index (Phi) is 6.92. The van der Waals surface area contributed by atoms with Gasteiger partial charge in [0.25, 0.3) is 0 Å². The number of nitrogens with two attached hydrogens (primary N) is 1. The second kappa shape index (κ2) is 10.6. The van der Waals surface area contributed by atoms with Gasteiger partial charge in [0.15, 0.2) is 0 Å². The van der Waals surface area contributed by atoms with Crippen molar-refractivity contribution in [3.05, 3.63) is 39.3 Å². The molecular weight excluding hydrogens is 557 g/mol. The summed E-state index contributed by atoms with van der Waals surface area (Å²) in [7, 11) is 0. The molecule has 0 radical (unpaired) electrons. The predicted molar refractivity (Wildman–Crippen MR) is 156 cm³/mol. The van der Waals surface area contributed by atoms with Gasteiger partial charge in [-0.3, -0.25) is 4.90 Å². The van der Waals surface area contributed by atoms with Crippen LogP contribution >= 0.6 is 11.3 Å². The van der Waals surface area contributed by atoms with Crippen LogP contribution in [0.2, 0.25) is 0 Å². The zero-order valence-corrected chi connectivity index (χ0v) is 24.3. The second-order valence-electron chi connectivity index (χ2n) is 12.4. The van der Waals surface area contributed by atoms with E-state index in [1.165, 1.54) is 22.3 Å². The molecule has 1 saturated carbocycles. The summed E-state index contributed by atoms with van der Waals surface area (Å²) < 4.78 is 26.4. The Balaban J connectivity index is 1.13. The Morgan fingerprint density at radius 1 is 1.19 bits per heavy atom. The van der Waals surface area contributed by atoms with E-state index in [4.69, 9.17) is 31.7 Å². The zero-order valence-electron chi connectivity index (χ0n) is 23.5. The molecule has 1 unspecified atom stereocenters. The van der Waals surface area contributed by atoms with E-state index in [2.05, 4.69) is 25.7 Å². The van der Waals surface area contributed by atoms with Crippen LogP contribution in [0.15, 0.2) is 11.9 Å². The van der Waals surface area contributed by atoms with E-state index in [9.17, 15) is 9.65 Å². The van der Waals surface area contributed by atoms with Gasteiger partial charge in [-0.2, -0.15) is 20.2 Å². The maximum Gasteiger partial charge on any atom is 0.323 e. The number of ether oxygens (including phenoxy) is 2. The van der Waals surface area contributed by atoms with Crippen molar-refractivity contribution in [2.45, 2.75) is 31.1 Å². The highest BCUT2D eigenvalue weighted by Gasteiger charge is 2.52. The van der Waals surface area contributed by atoms with Gasteiger partial charge < -0.3 is 29.9 Å². The van der Waals surface area contributed by atoms with E-state index in [0.29, 0.717) is 48.7 Å². The fourth-order valence-electron chi connectivity index (χ4n) is 6.90. The van der Waals surface area contributed by atoms with Crippen LogP contribution in [0.5, 0.6) is 6.01 Å². The molecule has 2 aromatic heterocycles. The predicted octanol–water partition coefficient (Wildman–Crippen LogP) is 2.79. The van der Waals surface area contributed by atoms with Crippen molar-refractivity contribution < 1.29 is 13.9 Å². The molecular formula is C29H34FN9O2S. The molecule has 1 atom stereocenters. The molecule has 5 aliphatic rings. The smallest absolute Gasteiger partial charge is 0.323 e. The first-order valence-electron chi connectivity index (χ1n) is 14.6. The second-order valence-corrected chi connectivity index (χ2v) is 13.5. The van der Waals surface area contributed by atoms with E-state index in [-0.39, 0.29) is 41.7 Å². The van der Waals surface area contributed by atoms with Crippen molar-refractivity contribution in [3.8, 4) is 12.1 Å². The number of aryl methyl sites for hydroxylation is 1. The maximum absolute atomic E-state index is 14.6. The summed E-state index contributed by atoms with van der Waals surface area (Å²) in [4.78, 5) is 25.2. The number of morpholine rings is 1. The van der Waals surface area contributed by atoms with Crippen molar-refractivity contribution in [2.24, 2.45) is 11.3 Å². The number of hydrogen-bond donors (Lipinski definition) is 1. The first kappa shape index (κ1) is 27.3. The molecule has 1 spiro atoms. The lowest BCUT2D eigenvalue weighted by atomic mass is 9.74. The quantitative estimate of drug-likeness (QED) is 0.459. The highest BCUT2D eigenvalue weighted by atomic mass is 32.1. The van der Waals surface area contributed by atoms with Crippen LogP contribution in [0.4, 0.5) is 21.3 Å². The molecule has 2 saturated heterocycles. The third-order valence-electron chi connectivity index (χ3n) is 9.29. The van der Waals surface area contributed by atoms with Gasteiger partial charge in [0.2, 0.25) is 18.4 Å². The maximum atomic E-state index is 14.6. The summed E-state index contributed by atoms with van der Waals surface area (Å²) >= 11 is 1.53. The third-order valence-corrected chi connectivity index (χ3v) is 10.4. The van der Waals surface area contributed by atoms with Gasteiger partial charge in [-0.05, 0) is 37.3 Å². The molecule has 42 heavy (non-hydrogen) atoms. The summed E-state index contributed by atoms with van der Waals surface area (Å²) in [6.07, 6.45) is 5.61.